The normalized spacial score (nSPS) is 13.6. The quantitative estimate of drug-likeness (QED) is 0.563. The number of nitrogens with one attached hydrogen (secondary N) is 1. The zero-order valence-electron chi connectivity index (χ0n) is 8.94. The highest BCUT2D eigenvalue weighted by atomic mass is 35.5. The maximum atomic E-state index is 11.6. The number of rotatable bonds is 7. The smallest absolute Gasteiger partial charge is 0.362 e. The van der Waals surface area contributed by atoms with Crippen LogP contribution < -0.4 is 5.32 Å². The van der Waals surface area contributed by atoms with Crippen LogP contribution in [0.1, 0.15) is 19.8 Å². The highest BCUT2D eigenvalue weighted by molar-refractivity contribution is 6.20. The summed E-state index contributed by atoms with van der Waals surface area (Å²) in [5.74, 6) is -0.550. The van der Waals surface area contributed by atoms with Gasteiger partial charge < -0.3 is 10.1 Å². The maximum Gasteiger partial charge on any atom is 0.411 e. The van der Waals surface area contributed by atoms with E-state index >= 15 is 0 Å². The molecule has 0 saturated heterocycles. The predicted octanol–water partition coefficient (Wildman–Crippen LogP) is 2.09. The lowest BCUT2D eigenvalue weighted by molar-refractivity contribution is -0.175. The number of hydrogen-bond acceptors (Lipinski definition) is 2. The zero-order chi connectivity index (χ0) is 12.6. The average molecular weight is 262 g/mol. The first-order chi connectivity index (χ1) is 7.31. The van der Waals surface area contributed by atoms with Crippen molar-refractivity contribution in [2.24, 2.45) is 0 Å². The molecule has 0 aliphatic heterocycles. The van der Waals surface area contributed by atoms with Gasteiger partial charge >= 0.3 is 6.18 Å². The van der Waals surface area contributed by atoms with Crippen molar-refractivity contribution in [3.63, 3.8) is 0 Å². The van der Waals surface area contributed by atoms with Crippen molar-refractivity contribution in [2.75, 3.05) is 19.8 Å². The van der Waals surface area contributed by atoms with Crippen LogP contribution in [0.2, 0.25) is 0 Å². The van der Waals surface area contributed by atoms with Crippen LogP contribution in [-0.2, 0) is 9.53 Å². The molecule has 0 fully saturated rings. The van der Waals surface area contributed by atoms with Crippen molar-refractivity contribution < 1.29 is 22.7 Å². The van der Waals surface area contributed by atoms with E-state index in [0.717, 1.165) is 6.42 Å². The molecule has 0 aliphatic rings. The van der Waals surface area contributed by atoms with E-state index in [0.29, 0.717) is 13.0 Å². The third-order valence-corrected chi connectivity index (χ3v) is 1.82. The van der Waals surface area contributed by atoms with Gasteiger partial charge in [0, 0.05) is 11.9 Å². The van der Waals surface area contributed by atoms with Gasteiger partial charge in [-0.25, -0.2) is 0 Å². The number of hydrogen-bond donors (Lipinski definition) is 1. The summed E-state index contributed by atoms with van der Waals surface area (Å²) in [5.41, 5.74) is 0. The first-order valence-electron chi connectivity index (χ1n) is 4.86. The molecule has 1 N–H and O–H groups in total. The van der Waals surface area contributed by atoms with Gasteiger partial charge in [0.2, 0.25) is 5.91 Å². The Labute approximate surface area is 97.3 Å². The van der Waals surface area contributed by atoms with E-state index in [4.69, 9.17) is 11.6 Å². The highest BCUT2D eigenvalue weighted by Gasteiger charge is 2.27. The van der Waals surface area contributed by atoms with E-state index in [9.17, 15) is 18.0 Å². The molecule has 96 valence electrons. The summed E-state index contributed by atoms with van der Waals surface area (Å²) in [7, 11) is 0. The van der Waals surface area contributed by atoms with E-state index in [1.807, 2.05) is 6.92 Å². The van der Waals surface area contributed by atoms with Crippen LogP contribution in [0.25, 0.3) is 0 Å². The zero-order valence-corrected chi connectivity index (χ0v) is 9.70. The van der Waals surface area contributed by atoms with Crippen molar-refractivity contribution in [1.29, 1.82) is 0 Å². The van der Waals surface area contributed by atoms with Crippen molar-refractivity contribution >= 4 is 17.5 Å². The van der Waals surface area contributed by atoms with Gasteiger partial charge in [-0.3, -0.25) is 4.79 Å². The molecule has 0 aliphatic carbocycles. The third kappa shape index (κ3) is 11.6. The Hall–Kier alpha value is -0.490. The number of ether oxygens (including phenoxy) is 1. The van der Waals surface area contributed by atoms with Gasteiger partial charge in [0.1, 0.15) is 13.2 Å². The average Bonchev–Trinajstić information content (AvgIpc) is 2.10. The predicted molar refractivity (Wildman–Crippen MR) is 54.4 cm³/mol. The number of carbonyl (C=O) groups excluding carboxylic acids is 1. The summed E-state index contributed by atoms with van der Waals surface area (Å²) < 4.78 is 39.1. The Kier molecular flexibility index (Phi) is 7.49. The fourth-order valence-corrected chi connectivity index (χ4v) is 1.08. The summed E-state index contributed by atoms with van der Waals surface area (Å²) in [6.07, 6.45) is -2.96. The molecule has 0 aromatic carbocycles. The Morgan fingerprint density at radius 3 is 2.62 bits per heavy atom. The van der Waals surface area contributed by atoms with Crippen molar-refractivity contribution in [3.8, 4) is 0 Å². The molecule has 1 unspecified atom stereocenters. The molecule has 0 rings (SSSR count). The topological polar surface area (TPSA) is 38.3 Å². The third-order valence-electron chi connectivity index (χ3n) is 1.60. The van der Waals surface area contributed by atoms with Gasteiger partial charge in [-0.1, -0.05) is 0 Å². The number of halogens is 4. The second-order valence-electron chi connectivity index (χ2n) is 3.38. The van der Waals surface area contributed by atoms with Gasteiger partial charge in [-0.2, -0.15) is 13.2 Å². The van der Waals surface area contributed by atoms with Crippen LogP contribution in [0, 0.1) is 0 Å². The second kappa shape index (κ2) is 7.73. The minimum absolute atomic E-state index is 0.0263. The molecule has 16 heavy (non-hydrogen) atoms. The fourth-order valence-electron chi connectivity index (χ4n) is 0.922. The van der Waals surface area contributed by atoms with Gasteiger partial charge in [0.05, 0.1) is 0 Å². The van der Waals surface area contributed by atoms with Gasteiger partial charge in [-0.05, 0) is 19.8 Å². The molecule has 1 amide bonds. The monoisotopic (exact) mass is 261 g/mol. The standard InChI is InChI=1S/C9H15ClF3NO2/c1-7(10)3-2-4-14-8(15)5-16-6-9(11,12)13/h7H,2-6H2,1H3,(H,14,15). The van der Waals surface area contributed by atoms with Crippen LogP contribution in [0.15, 0.2) is 0 Å². The summed E-state index contributed by atoms with van der Waals surface area (Å²) in [4.78, 5) is 10.9. The molecule has 0 heterocycles. The van der Waals surface area contributed by atoms with E-state index in [1.165, 1.54) is 0 Å². The van der Waals surface area contributed by atoms with Crippen LogP contribution in [0.3, 0.4) is 0 Å². The van der Waals surface area contributed by atoms with Crippen LogP contribution in [-0.4, -0.2) is 37.2 Å². The molecule has 0 aromatic rings. The second-order valence-corrected chi connectivity index (χ2v) is 4.13. The Morgan fingerprint density at radius 1 is 1.50 bits per heavy atom. The van der Waals surface area contributed by atoms with Crippen LogP contribution >= 0.6 is 11.6 Å². The van der Waals surface area contributed by atoms with E-state index in [2.05, 4.69) is 10.1 Å². The minimum Gasteiger partial charge on any atom is -0.362 e. The SMILES string of the molecule is CC(Cl)CCCNC(=O)COCC(F)(F)F. The Balaban J connectivity index is 3.39. The van der Waals surface area contributed by atoms with E-state index in [-0.39, 0.29) is 5.38 Å². The molecule has 1 atom stereocenters. The van der Waals surface area contributed by atoms with E-state index in [1.54, 1.807) is 0 Å². The number of alkyl halides is 4. The minimum atomic E-state index is -4.39. The van der Waals surface area contributed by atoms with Gasteiger partial charge in [-0.15, -0.1) is 11.6 Å². The first kappa shape index (κ1) is 15.5. The lowest BCUT2D eigenvalue weighted by atomic mass is 10.2. The van der Waals surface area contributed by atoms with Gasteiger partial charge in [0.15, 0.2) is 0 Å². The summed E-state index contributed by atoms with van der Waals surface area (Å²) in [5, 5.41) is 2.46. The van der Waals surface area contributed by atoms with Gasteiger partial charge in [0.25, 0.3) is 0 Å². The molecule has 0 radical (unpaired) electrons. The highest BCUT2D eigenvalue weighted by Crippen LogP contribution is 2.13. The molecular formula is C9H15ClF3NO2. The van der Waals surface area contributed by atoms with Crippen LogP contribution in [0.5, 0.6) is 0 Å². The molecule has 0 spiro atoms. The van der Waals surface area contributed by atoms with Crippen molar-refractivity contribution in [2.45, 2.75) is 31.3 Å². The summed E-state index contributed by atoms with van der Waals surface area (Å²) in [6.45, 7) is 0.246. The summed E-state index contributed by atoms with van der Waals surface area (Å²) >= 11 is 5.66. The number of carbonyl (C=O) groups is 1. The largest absolute Gasteiger partial charge is 0.411 e. The van der Waals surface area contributed by atoms with E-state index < -0.39 is 25.3 Å². The maximum absolute atomic E-state index is 11.6. The Bertz CT molecular complexity index is 209. The molecule has 7 heteroatoms. The first-order valence-corrected chi connectivity index (χ1v) is 5.30. The lowest BCUT2D eigenvalue weighted by Gasteiger charge is -2.08. The molecule has 0 bridgehead atoms. The molecule has 0 saturated carbocycles. The van der Waals surface area contributed by atoms with Crippen molar-refractivity contribution in [1.82, 2.24) is 5.32 Å². The summed E-state index contributed by atoms with van der Waals surface area (Å²) in [6, 6.07) is 0. The molecular weight excluding hydrogens is 247 g/mol. The van der Waals surface area contributed by atoms with Crippen molar-refractivity contribution in [3.05, 3.63) is 0 Å². The Morgan fingerprint density at radius 2 is 2.12 bits per heavy atom. The lowest BCUT2D eigenvalue weighted by Crippen LogP contribution is -2.30. The molecule has 0 aromatic heterocycles. The fraction of sp³-hybridized carbons (Fsp3) is 0.889. The van der Waals surface area contributed by atoms with Crippen LogP contribution in [0.4, 0.5) is 13.2 Å². The molecule has 3 nitrogen and oxygen atoms in total. The number of amides is 1.